The highest BCUT2D eigenvalue weighted by atomic mass is 79.9. The Morgan fingerprint density at radius 1 is 1.22 bits per heavy atom. The van der Waals surface area contributed by atoms with Crippen LogP contribution >= 0.6 is 27.3 Å². The number of benzene rings is 2. The van der Waals surface area contributed by atoms with E-state index in [1.807, 2.05) is 37.3 Å². The van der Waals surface area contributed by atoms with Crippen LogP contribution in [0, 0.1) is 6.92 Å². The highest BCUT2D eigenvalue weighted by Crippen LogP contribution is 2.32. The maximum atomic E-state index is 12.8. The SMILES string of the molecule is COc1ccc(Br)cc1C(=O)Nc1ccccc1-c1nn2c(C)nnc2s1. The Balaban J connectivity index is 1.71. The molecule has 0 spiro atoms. The van der Waals surface area contributed by atoms with E-state index < -0.39 is 0 Å². The number of carbonyl (C=O) groups is 1. The number of aryl methyl sites for hydroxylation is 1. The molecule has 2 aromatic heterocycles. The maximum absolute atomic E-state index is 12.8. The second-order valence-electron chi connectivity index (χ2n) is 5.69. The average molecular weight is 444 g/mol. The number of nitrogens with zero attached hydrogens (tertiary/aromatic N) is 4. The number of hydrogen-bond donors (Lipinski definition) is 1. The lowest BCUT2D eigenvalue weighted by molar-refractivity contribution is 0.102. The zero-order chi connectivity index (χ0) is 19.0. The summed E-state index contributed by atoms with van der Waals surface area (Å²) in [5.41, 5.74) is 1.91. The third-order valence-corrected chi connectivity index (χ3v) is 5.38. The first-order valence-electron chi connectivity index (χ1n) is 8.00. The summed E-state index contributed by atoms with van der Waals surface area (Å²) < 4.78 is 7.79. The molecule has 2 aromatic carbocycles. The molecule has 1 N–H and O–H groups in total. The van der Waals surface area contributed by atoms with Crippen molar-refractivity contribution in [3.05, 3.63) is 58.3 Å². The molecular formula is C18H14BrN5O2S. The molecule has 136 valence electrons. The minimum absolute atomic E-state index is 0.264. The van der Waals surface area contributed by atoms with Crippen molar-refractivity contribution in [3.8, 4) is 16.3 Å². The fraction of sp³-hybridized carbons (Fsp3) is 0.111. The van der Waals surface area contributed by atoms with Crippen molar-refractivity contribution >= 4 is 43.8 Å². The number of nitrogens with one attached hydrogen (secondary N) is 1. The van der Waals surface area contributed by atoms with E-state index in [0.29, 0.717) is 27.8 Å². The molecule has 0 saturated carbocycles. The molecule has 9 heteroatoms. The van der Waals surface area contributed by atoms with Crippen LogP contribution in [0.15, 0.2) is 46.9 Å². The summed E-state index contributed by atoms with van der Waals surface area (Å²) in [6.07, 6.45) is 0. The molecule has 27 heavy (non-hydrogen) atoms. The van der Waals surface area contributed by atoms with Crippen LogP contribution < -0.4 is 10.1 Å². The van der Waals surface area contributed by atoms with Crippen molar-refractivity contribution in [2.24, 2.45) is 0 Å². The molecule has 0 radical (unpaired) electrons. The molecule has 4 rings (SSSR count). The zero-order valence-corrected chi connectivity index (χ0v) is 16.8. The van der Waals surface area contributed by atoms with Crippen LogP contribution in [0.1, 0.15) is 16.2 Å². The summed E-state index contributed by atoms with van der Waals surface area (Å²) in [4.78, 5) is 13.6. The molecule has 1 amide bonds. The Bertz CT molecular complexity index is 1150. The molecule has 0 aliphatic carbocycles. The molecule has 0 saturated heterocycles. The lowest BCUT2D eigenvalue weighted by Crippen LogP contribution is -2.14. The number of hydrogen-bond acceptors (Lipinski definition) is 6. The molecule has 0 fully saturated rings. The van der Waals surface area contributed by atoms with Crippen molar-refractivity contribution in [1.29, 1.82) is 0 Å². The van der Waals surface area contributed by atoms with Gasteiger partial charge in [0, 0.05) is 10.0 Å². The number of anilines is 1. The molecule has 7 nitrogen and oxygen atoms in total. The fourth-order valence-electron chi connectivity index (χ4n) is 2.65. The molecule has 2 heterocycles. The van der Waals surface area contributed by atoms with Crippen LogP contribution in [0.2, 0.25) is 0 Å². The van der Waals surface area contributed by atoms with Gasteiger partial charge in [-0.05, 0) is 37.3 Å². The van der Waals surface area contributed by atoms with Gasteiger partial charge >= 0.3 is 0 Å². The molecule has 0 bridgehead atoms. The van der Waals surface area contributed by atoms with Gasteiger partial charge in [-0.3, -0.25) is 4.79 Å². The van der Waals surface area contributed by atoms with Gasteiger partial charge in [-0.2, -0.15) is 9.61 Å². The minimum Gasteiger partial charge on any atom is -0.496 e. The van der Waals surface area contributed by atoms with Crippen LogP contribution in [0.4, 0.5) is 5.69 Å². The predicted octanol–water partition coefficient (Wildman–Crippen LogP) is 4.18. The van der Waals surface area contributed by atoms with Crippen LogP contribution in [0.3, 0.4) is 0 Å². The molecule has 0 aliphatic heterocycles. The Kier molecular flexibility index (Phi) is 4.63. The summed E-state index contributed by atoms with van der Waals surface area (Å²) in [5.74, 6) is 0.954. The van der Waals surface area contributed by atoms with Crippen molar-refractivity contribution in [2.75, 3.05) is 12.4 Å². The fourth-order valence-corrected chi connectivity index (χ4v) is 3.94. The van der Waals surface area contributed by atoms with Crippen molar-refractivity contribution in [3.63, 3.8) is 0 Å². The number of para-hydroxylation sites is 1. The zero-order valence-electron chi connectivity index (χ0n) is 14.4. The van der Waals surface area contributed by atoms with E-state index in [4.69, 9.17) is 4.74 Å². The van der Waals surface area contributed by atoms with E-state index in [9.17, 15) is 4.79 Å². The van der Waals surface area contributed by atoms with Gasteiger partial charge in [-0.1, -0.05) is 39.4 Å². The van der Waals surface area contributed by atoms with Gasteiger partial charge in [0.15, 0.2) is 5.82 Å². The Labute approximate surface area is 167 Å². The lowest BCUT2D eigenvalue weighted by atomic mass is 10.1. The summed E-state index contributed by atoms with van der Waals surface area (Å²) in [6, 6.07) is 12.8. The maximum Gasteiger partial charge on any atom is 0.259 e. The lowest BCUT2D eigenvalue weighted by Gasteiger charge is -2.12. The van der Waals surface area contributed by atoms with E-state index in [1.165, 1.54) is 18.4 Å². The van der Waals surface area contributed by atoms with E-state index in [2.05, 4.69) is 36.5 Å². The topological polar surface area (TPSA) is 81.4 Å². The van der Waals surface area contributed by atoms with Gasteiger partial charge in [0.2, 0.25) is 4.96 Å². The van der Waals surface area contributed by atoms with Crippen LogP contribution in [-0.4, -0.2) is 32.8 Å². The summed E-state index contributed by atoms with van der Waals surface area (Å²) in [7, 11) is 1.54. The largest absolute Gasteiger partial charge is 0.496 e. The summed E-state index contributed by atoms with van der Waals surface area (Å²) >= 11 is 4.81. The van der Waals surface area contributed by atoms with Gasteiger partial charge < -0.3 is 10.1 Å². The first kappa shape index (κ1) is 17.6. The number of amides is 1. The van der Waals surface area contributed by atoms with E-state index in [-0.39, 0.29) is 5.91 Å². The van der Waals surface area contributed by atoms with E-state index >= 15 is 0 Å². The highest BCUT2D eigenvalue weighted by molar-refractivity contribution is 9.10. The van der Waals surface area contributed by atoms with Gasteiger partial charge in [-0.25, -0.2) is 0 Å². The minimum atomic E-state index is -0.264. The molecular weight excluding hydrogens is 430 g/mol. The van der Waals surface area contributed by atoms with Gasteiger partial charge in [0.25, 0.3) is 5.91 Å². The normalized spacial score (nSPS) is 10.9. The van der Waals surface area contributed by atoms with E-state index in [1.54, 1.807) is 16.6 Å². The number of carbonyl (C=O) groups excluding carboxylic acids is 1. The Hall–Kier alpha value is -2.78. The van der Waals surface area contributed by atoms with Crippen molar-refractivity contribution in [1.82, 2.24) is 19.8 Å². The van der Waals surface area contributed by atoms with Gasteiger partial charge in [0.1, 0.15) is 10.8 Å². The third kappa shape index (κ3) is 3.31. The smallest absolute Gasteiger partial charge is 0.259 e. The summed E-state index contributed by atoms with van der Waals surface area (Å²) in [6.45, 7) is 1.84. The molecule has 4 aromatic rings. The number of ether oxygens (including phenoxy) is 1. The standard InChI is InChI=1S/C18H14BrN5O2S/c1-10-21-22-18-24(10)23-17(27-18)12-5-3-4-6-14(12)20-16(25)13-9-11(19)7-8-15(13)26-2/h3-9H,1-2H3,(H,20,25). The van der Waals surface area contributed by atoms with Gasteiger partial charge in [-0.15, -0.1) is 10.2 Å². The molecule has 0 unspecified atom stereocenters. The second-order valence-corrected chi connectivity index (χ2v) is 7.56. The van der Waals surface area contributed by atoms with Crippen LogP contribution in [-0.2, 0) is 0 Å². The predicted molar refractivity (Wildman–Crippen MR) is 107 cm³/mol. The Morgan fingerprint density at radius 2 is 2.04 bits per heavy atom. The Morgan fingerprint density at radius 3 is 2.81 bits per heavy atom. The number of methoxy groups -OCH3 is 1. The number of halogens is 1. The van der Waals surface area contributed by atoms with Crippen molar-refractivity contribution in [2.45, 2.75) is 6.92 Å². The summed E-state index contributed by atoms with van der Waals surface area (Å²) in [5, 5.41) is 16.4. The van der Waals surface area contributed by atoms with Crippen LogP contribution in [0.5, 0.6) is 5.75 Å². The monoisotopic (exact) mass is 443 g/mol. The third-order valence-electron chi connectivity index (χ3n) is 3.96. The van der Waals surface area contributed by atoms with Gasteiger partial charge in [0.05, 0.1) is 18.4 Å². The quantitative estimate of drug-likeness (QED) is 0.511. The molecule has 0 atom stereocenters. The second kappa shape index (κ2) is 7.09. The first-order chi connectivity index (χ1) is 13.1. The average Bonchev–Trinajstić information content (AvgIpc) is 3.24. The number of aromatic nitrogens is 4. The van der Waals surface area contributed by atoms with Crippen LogP contribution in [0.25, 0.3) is 15.5 Å². The number of rotatable bonds is 4. The molecule has 0 aliphatic rings. The number of fused-ring (bicyclic) bond motifs is 1. The first-order valence-corrected chi connectivity index (χ1v) is 9.61. The highest BCUT2D eigenvalue weighted by Gasteiger charge is 2.17. The van der Waals surface area contributed by atoms with E-state index in [0.717, 1.165) is 15.0 Å². The van der Waals surface area contributed by atoms with Crippen molar-refractivity contribution < 1.29 is 9.53 Å².